The molecule has 25 heavy (non-hydrogen) atoms. The zero-order valence-electron chi connectivity index (χ0n) is 15.2. The van der Waals surface area contributed by atoms with E-state index in [4.69, 9.17) is 9.47 Å². The van der Waals surface area contributed by atoms with Gasteiger partial charge in [-0.2, -0.15) is 0 Å². The fourth-order valence-corrected chi connectivity index (χ4v) is 4.36. The summed E-state index contributed by atoms with van der Waals surface area (Å²) in [6, 6.07) is 6.42. The van der Waals surface area contributed by atoms with Crippen molar-refractivity contribution in [1.82, 2.24) is 0 Å². The van der Waals surface area contributed by atoms with Gasteiger partial charge < -0.3 is 19.7 Å². The third-order valence-corrected chi connectivity index (χ3v) is 6.13. The Hall–Kier alpha value is -1.59. The summed E-state index contributed by atoms with van der Waals surface area (Å²) >= 11 is 0. The van der Waals surface area contributed by atoms with Crippen LogP contribution < -0.4 is 10.2 Å². The Labute approximate surface area is 149 Å². The lowest BCUT2D eigenvalue weighted by Crippen LogP contribution is -2.39. The summed E-state index contributed by atoms with van der Waals surface area (Å²) in [5, 5.41) is 3.13. The summed E-state index contributed by atoms with van der Waals surface area (Å²) in [7, 11) is 1.75. The van der Waals surface area contributed by atoms with E-state index in [9.17, 15) is 4.79 Å². The van der Waals surface area contributed by atoms with E-state index >= 15 is 0 Å². The molecule has 136 valence electrons. The monoisotopic (exact) mass is 344 g/mol. The molecule has 1 aromatic carbocycles. The molecule has 1 aromatic rings. The normalized spacial score (nSPS) is 26.6. The number of methoxy groups -OCH3 is 1. The lowest BCUT2D eigenvalue weighted by atomic mass is 9.76. The Morgan fingerprint density at radius 2 is 2.16 bits per heavy atom. The highest BCUT2D eigenvalue weighted by molar-refractivity contribution is 5.94. The van der Waals surface area contributed by atoms with Crippen molar-refractivity contribution in [3.05, 3.63) is 23.8 Å². The van der Waals surface area contributed by atoms with Crippen molar-refractivity contribution >= 4 is 17.3 Å². The van der Waals surface area contributed by atoms with Gasteiger partial charge in [-0.15, -0.1) is 0 Å². The first-order valence-corrected chi connectivity index (χ1v) is 9.40. The number of nitrogens with one attached hydrogen (secondary N) is 1. The van der Waals surface area contributed by atoms with Crippen molar-refractivity contribution in [2.24, 2.45) is 11.8 Å². The molecule has 0 bridgehead atoms. The molecule has 0 aromatic heterocycles. The smallest absolute Gasteiger partial charge is 0.227 e. The number of rotatable bonds is 5. The van der Waals surface area contributed by atoms with E-state index < -0.39 is 0 Å². The Morgan fingerprint density at radius 3 is 2.84 bits per heavy atom. The van der Waals surface area contributed by atoms with Gasteiger partial charge in [0, 0.05) is 56.1 Å². The average molecular weight is 344 g/mol. The van der Waals surface area contributed by atoms with Crippen molar-refractivity contribution in [2.75, 3.05) is 50.2 Å². The molecule has 2 heterocycles. The van der Waals surface area contributed by atoms with Crippen molar-refractivity contribution in [3.63, 3.8) is 0 Å². The molecule has 2 fully saturated rings. The average Bonchev–Trinajstić information content (AvgIpc) is 3.29. The van der Waals surface area contributed by atoms with Crippen LogP contribution in [0.2, 0.25) is 0 Å². The Kier molecular flexibility index (Phi) is 4.46. The number of fused-ring (bicyclic) bond motifs is 2. The lowest BCUT2D eigenvalue weighted by molar-refractivity contribution is -0.117. The minimum absolute atomic E-state index is 0.148. The van der Waals surface area contributed by atoms with Crippen molar-refractivity contribution in [1.29, 1.82) is 0 Å². The van der Waals surface area contributed by atoms with Crippen LogP contribution in [0.3, 0.4) is 0 Å². The molecule has 2 unspecified atom stereocenters. The maximum Gasteiger partial charge on any atom is 0.227 e. The van der Waals surface area contributed by atoms with Gasteiger partial charge in [-0.3, -0.25) is 4.79 Å². The van der Waals surface area contributed by atoms with Crippen LogP contribution in [0.1, 0.15) is 31.7 Å². The van der Waals surface area contributed by atoms with Gasteiger partial charge >= 0.3 is 0 Å². The molecule has 1 amide bonds. The molecular weight excluding hydrogens is 316 g/mol. The molecule has 1 saturated heterocycles. The molecule has 5 nitrogen and oxygen atoms in total. The zero-order valence-corrected chi connectivity index (χ0v) is 15.2. The molecule has 0 radical (unpaired) electrons. The Bertz CT molecular complexity index is 654. The number of ether oxygens (including phenoxy) is 2. The zero-order chi connectivity index (χ0) is 17.4. The number of benzene rings is 1. The van der Waals surface area contributed by atoms with Gasteiger partial charge in [0.1, 0.15) is 0 Å². The summed E-state index contributed by atoms with van der Waals surface area (Å²) in [4.78, 5) is 14.7. The predicted octanol–water partition coefficient (Wildman–Crippen LogP) is 2.80. The highest BCUT2D eigenvalue weighted by Gasteiger charge is 2.44. The van der Waals surface area contributed by atoms with Crippen LogP contribution >= 0.6 is 0 Å². The van der Waals surface area contributed by atoms with E-state index in [0.29, 0.717) is 5.92 Å². The number of anilines is 2. The third-order valence-electron chi connectivity index (χ3n) is 6.13. The number of amides is 1. The topological polar surface area (TPSA) is 50.8 Å². The van der Waals surface area contributed by atoms with Crippen LogP contribution in [0.15, 0.2) is 18.2 Å². The lowest BCUT2D eigenvalue weighted by Gasteiger charge is -2.34. The van der Waals surface area contributed by atoms with Crippen LogP contribution in [0.25, 0.3) is 0 Å². The van der Waals surface area contributed by atoms with Gasteiger partial charge in [0.25, 0.3) is 0 Å². The van der Waals surface area contributed by atoms with Gasteiger partial charge in [-0.05, 0) is 48.9 Å². The van der Waals surface area contributed by atoms with Crippen LogP contribution in [-0.4, -0.2) is 45.9 Å². The maximum absolute atomic E-state index is 12.3. The first kappa shape index (κ1) is 16.9. The van der Waals surface area contributed by atoms with E-state index in [1.165, 1.54) is 11.3 Å². The van der Waals surface area contributed by atoms with E-state index in [0.717, 1.165) is 57.9 Å². The molecule has 4 rings (SSSR count). The fourth-order valence-electron chi connectivity index (χ4n) is 4.36. The summed E-state index contributed by atoms with van der Waals surface area (Å²) < 4.78 is 10.9. The highest BCUT2D eigenvalue weighted by Crippen LogP contribution is 2.47. The van der Waals surface area contributed by atoms with Crippen LogP contribution in [-0.2, 0) is 19.7 Å². The second-order valence-electron chi connectivity index (χ2n) is 7.85. The molecule has 5 heteroatoms. The second kappa shape index (κ2) is 6.61. The van der Waals surface area contributed by atoms with Gasteiger partial charge in [-0.1, -0.05) is 6.92 Å². The number of carbonyl (C=O) groups is 1. The van der Waals surface area contributed by atoms with Gasteiger partial charge in [0.05, 0.1) is 6.61 Å². The van der Waals surface area contributed by atoms with E-state index in [1.807, 2.05) is 6.07 Å². The van der Waals surface area contributed by atoms with Crippen LogP contribution in [0, 0.1) is 11.8 Å². The third kappa shape index (κ3) is 3.15. The standard InChI is InChI=1S/C20H28N2O3/c1-14-11-16(14)19(23)21-15-3-4-18-17(12-15)20(5-8-25-9-6-20)13-22(18)7-10-24-2/h3-4,12,14,16H,5-11,13H2,1-2H3,(H,21,23). The SMILES string of the molecule is COCCN1CC2(CCOCC2)c2cc(NC(=O)C3CC3C)ccc21. The predicted molar refractivity (Wildman–Crippen MR) is 98.2 cm³/mol. The fraction of sp³-hybridized carbons (Fsp3) is 0.650. The summed E-state index contributed by atoms with van der Waals surface area (Å²) in [5.74, 6) is 0.895. The second-order valence-corrected chi connectivity index (χ2v) is 7.85. The van der Waals surface area contributed by atoms with Gasteiger partial charge in [0.15, 0.2) is 0 Å². The van der Waals surface area contributed by atoms with E-state index in [-0.39, 0.29) is 17.2 Å². The summed E-state index contributed by atoms with van der Waals surface area (Å²) in [6.07, 6.45) is 3.10. The minimum Gasteiger partial charge on any atom is -0.383 e. The quantitative estimate of drug-likeness (QED) is 0.892. The van der Waals surface area contributed by atoms with E-state index in [1.54, 1.807) is 7.11 Å². The molecule has 2 aliphatic heterocycles. The number of nitrogens with zero attached hydrogens (tertiary/aromatic N) is 1. The molecule has 1 aliphatic carbocycles. The highest BCUT2D eigenvalue weighted by atomic mass is 16.5. The molecular formula is C20H28N2O3. The van der Waals surface area contributed by atoms with Crippen LogP contribution in [0.5, 0.6) is 0 Å². The molecule has 1 N–H and O–H groups in total. The van der Waals surface area contributed by atoms with Crippen molar-refractivity contribution in [2.45, 2.75) is 31.6 Å². The Balaban J connectivity index is 1.60. The molecule has 1 saturated carbocycles. The van der Waals surface area contributed by atoms with Crippen molar-refractivity contribution in [3.8, 4) is 0 Å². The number of hydrogen-bond acceptors (Lipinski definition) is 4. The molecule has 3 aliphatic rings. The number of hydrogen-bond donors (Lipinski definition) is 1. The first-order chi connectivity index (χ1) is 12.1. The molecule has 2 atom stereocenters. The first-order valence-electron chi connectivity index (χ1n) is 9.40. The molecule has 1 spiro atoms. The maximum atomic E-state index is 12.3. The summed E-state index contributed by atoms with van der Waals surface area (Å²) in [6.45, 7) is 6.41. The number of carbonyl (C=O) groups excluding carboxylic acids is 1. The Morgan fingerprint density at radius 1 is 1.40 bits per heavy atom. The summed E-state index contributed by atoms with van der Waals surface area (Å²) in [5.41, 5.74) is 3.74. The van der Waals surface area contributed by atoms with Gasteiger partial charge in [0.2, 0.25) is 5.91 Å². The van der Waals surface area contributed by atoms with Gasteiger partial charge in [-0.25, -0.2) is 0 Å². The van der Waals surface area contributed by atoms with Crippen LogP contribution in [0.4, 0.5) is 11.4 Å². The van der Waals surface area contributed by atoms with E-state index in [2.05, 4.69) is 29.3 Å². The van der Waals surface area contributed by atoms with Crippen molar-refractivity contribution < 1.29 is 14.3 Å². The largest absolute Gasteiger partial charge is 0.383 e. The minimum atomic E-state index is 0.148.